The van der Waals surface area contributed by atoms with Gasteiger partial charge >= 0.3 is 11.9 Å². The van der Waals surface area contributed by atoms with E-state index in [1.165, 1.54) is 19.3 Å². The SMILES string of the molecule is C=CCOC(=O)C(C)(C)CC.CCC(C)(C)C(=O)OC12CC3CC(CC(C3)C1)C2. The highest BCUT2D eigenvalue weighted by Crippen LogP contribution is 2.57. The summed E-state index contributed by atoms with van der Waals surface area (Å²) in [5.74, 6) is 2.41. The molecular formula is C25H42O4. The third-order valence-corrected chi connectivity index (χ3v) is 7.50. The van der Waals surface area contributed by atoms with Gasteiger partial charge in [-0.15, -0.1) is 0 Å². The van der Waals surface area contributed by atoms with Crippen LogP contribution in [0.5, 0.6) is 0 Å². The van der Waals surface area contributed by atoms with Gasteiger partial charge in [0.05, 0.1) is 10.8 Å². The van der Waals surface area contributed by atoms with Gasteiger partial charge in [0.15, 0.2) is 0 Å². The van der Waals surface area contributed by atoms with Crippen LogP contribution in [0.4, 0.5) is 0 Å². The highest BCUT2D eigenvalue weighted by atomic mass is 16.6. The van der Waals surface area contributed by atoms with Crippen LogP contribution in [0.3, 0.4) is 0 Å². The molecule has 0 aliphatic heterocycles. The summed E-state index contributed by atoms with van der Waals surface area (Å²) in [6.07, 6.45) is 10.8. The van der Waals surface area contributed by atoms with Crippen LogP contribution in [-0.4, -0.2) is 24.1 Å². The third-order valence-electron chi connectivity index (χ3n) is 7.50. The van der Waals surface area contributed by atoms with Gasteiger partial charge in [-0.3, -0.25) is 9.59 Å². The number of esters is 2. The van der Waals surface area contributed by atoms with Crippen LogP contribution < -0.4 is 0 Å². The van der Waals surface area contributed by atoms with E-state index in [4.69, 9.17) is 9.47 Å². The Morgan fingerprint density at radius 3 is 1.69 bits per heavy atom. The first-order valence-electron chi connectivity index (χ1n) is 11.5. The molecule has 29 heavy (non-hydrogen) atoms. The Kier molecular flexibility index (Phi) is 7.62. The second-order valence-corrected chi connectivity index (χ2v) is 10.9. The maximum atomic E-state index is 12.4. The van der Waals surface area contributed by atoms with Gasteiger partial charge < -0.3 is 9.47 Å². The summed E-state index contributed by atoms with van der Waals surface area (Å²) in [5, 5.41) is 0. The summed E-state index contributed by atoms with van der Waals surface area (Å²) < 4.78 is 11.0. The number of rotatable bonds is 7. The summed E-state index contributed by atoms with van der Waals surface area (Å²) in [7, 11) is 0. The lowest BCUT2D eigenvalue weighted by molar-refractivity contribution is -0.196. The highest BCUT2D eigenvalue weighted by molar-refractivity contribution is 5.76. The van der Waals surface area contributed by atoms with Crippen LogP contribution in [0.25, 0.3) is 0 Å². The Morgan fingerprint density at radius 1 is 0.897 bits per heavy atom. The number of hydrogen-bond acceptors (Lipinski definition) is 4. The lowest BCUT2D eigenvalue weighted by Gasteiger charge is -2.56. The summed E-state index contributed by atoms with van der Waals surface area (Å²) in [5.41, 5.74) is -0.745. The third kappa shape index (κ3) is 5.86. The predicted molar refractivity (Wildman–Crippen MR) is 116 cm³/mol. The highest BCUT2D eigenvalue weighted by Gasteiger charge is 2.53. The lowest BCUT2D eigenvalue weighted by Crippen LogP contribution is -2.53. The Bertz CT molecular complexity index is 567. The standard InChI is InChI=1S/C16H26O2.C9H16O2/c1-4-15(2,3)14(17)18-16-8-11-5-12(9-16)7-13(6-11)10-16;1-5-7-11-8(10)9(3,4)6-2/h11-13H,4-10H2,1-3H3;5H,1,6-7H2,2-4H3. The molecule has 0 amide bonds. The summed E-state index contributed by atoms with van der Waals surface area (Å²) in [6.45, 7) is 15.6. The Balaban J connectivity index is 0.000000237. The first-order valence-corrected chi connectivity index (χ1v) is 11.5. The minimum Gasteiger partial charge on any atom is -0.461 e. The molecule has 4 saturated carbocycles. The van der Waals surface area contributed by atoms with E-state index < -0.39 is 0 Å². The van der Waals surface area contributed by atoms with E-state index in [0.717, 1.165) is 49.9 Å². The maximum Gasteiger partial charge on any atom is 0.312 e. The van der Waals surface area contributed by atoms with Crippen molar-refractivity contribution in [3.8, 4) is 0 Å². The molecule has 0 unspecified atom stereocenters. The van der Waals surface area contributed by atoms with Gasteiger partial charge in [0.2, 0.25) is 0 Å². The van der Waals surface area contributed by atoms with Crippen molar-refractivity contribution < 1.29 is 19.1 Å². The van der Waals surface area contributed by atoms with Crippen LogP contribution >= 0.6 is 0 Å². The fraction of sp³-hybridized carbons (Fsp3) is 0.840. The molecule has 0 heterocycles. The fourth-order valence-electron chi connectivity index (χ4n) is 5.11. The van der Waals surface area contributed by atoms with Crippen molar-refractivity contribution in [3.05, 3.63) is 12.7 Å². The molecule has 4 nitrogen and oxygen atoms in total. The molecule has 0 aromatic carbocycles. The van der Waals surface area contributed by atoms with Gasteiger partial charge in [0, 0.05) is 0 Å². The van der Waals surface area contributed by atoms with E-state index in [1.807, 2.05) is 34.6 Å². The fourth-order valence-corrected chi connectivity index (χ4v) is 5.11. The number of hydrogen-bond donors (Lipinski definition) is 0. The summed E-state index contributed by atoms with van der Waals surface area (Å²) in [6, 6.07) is 0. The van der Waals surface area contributed by atoms with Gasteiger partial charge in [-0.05, 0) is 96.8 Å². The molecule has 0 spiro atoms. The number of carbonyl (C=O) groups is 2. The minimum absolute atomic E-state index is 0.0342. The van der Waals surface area contributed by atoms with E-state index >= 15 is 0 Å². The van der Waals surface area contributed by atoms with Crippen LogP contribution in [0.15, 0.2) is 12.7 Å². The Hall–Kier alpha value is -1.32. The summed E-state index contributed by atoms with van der Waals surface area (Å²) in [4.78, 5) is 23.5. The maximum absolute atomic E-state index is 12.4. The van der Waals surface area contributed by atoms with Crippen LogP contribution in [0, 0.1) is 28.6 Å². The molecule has 4 rings (SSSR count). The zero-order chi connectivity index (χ0) is 21.9. The Labute approximate surface area is 177 Å². The molecule has 166 valence electrons. The van der Waals surface area contributed by atoms with Crippen molar-refractivity contribution >= 4 is 11.9 Å². The molecule has 0 N–H and O–H groups in total. The van der Waals surface area contributed by atoms with Gasteiger partial charge in [0.25, 0.3) is 0 Å². The molecule has 0 aromatic heterocycles. The average Bonchev–Trinajstić information content (AvgIpc) is 2.65. The normalized spacial score (nSPS) is 30.2. The van der Waals surface area contributed by atoms with E-state index in [1.54, 1.807) is 6.08 Å². The van der Waals surface area contributed by atoms with Crippen LogP contribution in [-0.2, 0) is 19.1 Å². The minimum atomic E-state index is -0.358. The molecule has 0 aromatic rings. The first kappa shape index (κ1) is 24.0. The van der Waals surface area contributed by atoms with Gasteiger partial charge in [-0.2, -0.15) is 0 Å². The smallest absolute Gasteiger partial charge is 0.312 e. The van der Waals surface area contributed by atoms with Crippen LogP contribution in [0.2, 0.25) is 0 Å². The zero-order valence-corrected chi connectivity index (χ0v) is 19.5. The molecule has 4 bridgehead atoms. The van der Waals surface area contributed by atoms with E-state index in [2.05, 4.69) is 13.5 Å². The average molecular weight is 407 g/mol. The van der Waals surface area contributed by atoms with Crippen molar-refractivity contribution in [2.75, 3.05) is 6.61 Å². The second-order valence-electron chi connectivity index (χ2n) is 10.9. The molecule has 4 aliphatic rings. The van der Waals surface area contributed by atoms with Gasteiger partial charge in [-0.1, -0.05) is 26.5 Å². The zero-order valence-electron chi connectivity index (χ0n) is 19.5. The molecule has 0 atom stereocenters. The largest absolute Gasteiger partial charge is 0.461 e. The van der Waals surface area contributed by atoms with Gasteiger partial charge in [-0.25, -0.2) is 0 Å². The van der Waals surface area contributed by atoms with E-state index in [9.17, 15) is 9.59 Å². The molecule has 0 saturated heterocycles. The predicted octanol–water partition coefficient (Wildman–Crippen LogP) is 6.09. The van der Waals surface area contributed by atoms with Crippen molar-refractivity contribution in [3.63, 3.8) is 0 Å². The van der Waals surface area contributed by atoms with Crippen molar-refractivity contribution in [1.29, 1.82) is 0 Å². The lowest BCUT2D eigenvalue weighted by atomic mass is 9.54. The van der Waals surface area contributed by atoms with E-state index in [-0.39, 0.29) is 28.4 Å². The molecule has 4 heteroatoms. The van der Waals surface area contributed by atoms with E-state index in [0.29, 0.717) is 6.61 Å². The number of carbonyl (C=O) groups excluding carboxylic acids is 2. The molecular weight excluding hydrogens is 364 g/mol. The van der Waals surface area contributed by atoms with Crippen LogP contribution in [0.1, 0.15) is 92.9 Å². The second kappa shape index (κ2) is 9.22. The monoisotopic (exact) mass is 406 g/mol. The Morgan fingerprint density at radius 2 is 1.31 bits per heavy atom. The quantitative estimate of drug-likeness (QED) is 0.379. The number of ether oxygens (including phenoxy) is 2. The first-order chi connectivity index (χ1) is 13.5. The van der Waals surface area contributed by atoms with Gasteiger partial charge in [0.1, 0.15) is 12.2 Å². The molecule has 0 radical (unpaired) electrons. The molecule has 4 fully saturated rings. The molecule has 4 aliphatic carbocycles. The van der Waals surface area contributed by atoms with Crippen molar-refractivity contribution in [1.82, 2.24) is 0 Å². The van der Waals surface area contributed by atoms with Crippen molar-refractivity contribution in [2.45, 2.75) is 98.5 Å². The topological polar surface area (TPSA) is 52.6 Å². The summed E-state index contributed by atoms with van der Waals surface area (Å²) >= 11 is 0. The van der Waals surface area contributed by atoms with Crippen molar-refractivity contribution in [2.24, 2.45) is 28.6 Å².